The van der Waals surface area contributed by atoms with Crippen LogP contribution in [0.1, 0.15) is 38.3 Å². The van der Waals surface area contributed by atoms with E-state index in [9.17, 15) is 0 Å². The van der Waals surface area contributed by atoms with Crippen LogP contribution in [-0.2, 0) is 4.74 Å². The van der Waals surface area contributed by atoms with Crippen molar-refractivity contribution in [3.63, 3.8) is 0 Å². The highest BCUT2D eigenvalue weighted by Crippen LogP contribution is 2.23. The van der Waals surface area contributed by atoms with Gasteiger partial charge in [0.1, 0.15) is 0 Å². The van der Waals surface area contributed by atoms with Crippen molar-refractivity contribution in [2.24, 2.45) is 5.92 Å². The molecule has 1 fully saturated rings. The molecule has 1 aliphatic rings. The Hall–Kier alpha value is -0.570. The average molecular weight is 268 g/mol. The summed E-state index contributed by atoms with van der Waals surface area (Å²) in [5.74, 6) is 0.645. The van der Waals surface area contributed by atoms with E-state index in [1.165, 1.54) is 12.0 Å². The highest BCUT2D eigenvalue weighted by molar-refractivity contribution is 6.30. The third-order valence-corrected chi connectivity index (χ3v) is 4.09. The van der Waals surface area contributed by atoms with Gasteiger partial charge in [0.25, 0.3) is 0 Å². The Bertz CT molecular complexity index is 365. The molecule has 0 bridgehead atoms. The molecule has 1 heterocycles. The van der Waals surface area contributed by atoms with Gasteiger partial charge in [-0.15, -0.1) is 0 Å². The van der Waals surface area contributed by atoms with Crippen molar-refractivity contribution in [2.75, 3.05) is 13.2 Å². The lowest BCUT2D eigenvalue weighted by atomic mass is 10.00. The van der Waals surface area contributed by atoms with E-state index in [0.29, 0.717) is 18.1 Å². The minimum absolute atomic E-state index is 0.389. The second kappa shape index (κ2) is 6.55. The van der Waals surface area contributed by atoms with Crippen LogP contribution in [0.15, 0.2) is 24.3 Å². The quantitative estimate of drug-likeness (QED) is 0.876. The molecule has 0 aromatic heterocycles. The van der Waals surface area contributed by atoms with Gasteiger partial charge in [-0.25, -0.2) is 0 Å². The van der Waals surface area contributed by atoms with E-state index in [1.54, 1.807) is 0 Å². The highest BCUT2D eigenvalue weighted by atomic mass is 35.5. The van der Waals surface area contributed by atoms with Crippen LogP contribution in [0.4, 0.5) is 0 Å². The molecule has 3 heteroatoms. The SMILES string of the molecule is CCC(NCC1CCOC1C)c1ccc(Cl)cc1. The summed E-state index contributed by atoms with van der Waals surface area (Å²) in [7, 11) is 0. The first-order valence-corrected chi connectivity index (χ1v) is 7.19. The number of nitrogens with one attached hydrogen (secondary N) is 1. The van der Waals surface area contributed by atoms with Crippen molar-refractivity contribution in [1.29, 1.82) is 0 Å². The zero-order valence-corrected chi connectivity index (χ0v) is 11.9. The van der Waals surface area contributed by atoms with E-state index in [4.69, 9.17) is 16.3 Å². The topological polar surface area (TPSA) is 21.3 Å². The summed E-state index contributed by atoms with van der Waals surface area (Å²) in [6.45, 7) is 6.32. The molecule has 2 rings (SSSR count). The maximum atomic E-state index is 5.92. The first-order valence-electron chi connectivity index (χ1n) is 6.81. The van der Waals surface area contributed by atoms with Gasteiger partial charge in [0, 0.05) is 24.2 Å². The largest absolute Gasteiger partial charge is 0.378 e. The number of hydrogen-bond acceptors (Lipinski definition) is 2. The minimum atomic E-state index is 0.389. The molecule has 1 N–H and O–H groups in total. The molecule has 0 radical (unpaired) electrons. The van der Waals surface area contributed by atoms with Gasteiger partial charge in [0.05, 0.1) is 6.10 Å². The summed E-state index contributed by atoms with van der Waals surface area (Å²) >= 11 is 5.92. The molecule has 0 amide bonds. The molecular weight excluding hydrogens is 246 g/mol. The van der Waals surface area contributed by atoms with E-state index in [1.807, 2.05) is 12.1 Å². The maximum absolute atomic E-state index is 5.92. The van der Waals surface area contributed by atoms with Crippen molar-refractivity contribution < 1.29 is 4.74 Å². The smallest absolute Gasteiger partial charge is 0.0588 e. The Morgan fingerprint density at radius 1 is 1.39 bits per heavy atom. The Kier molecular flexibility index (Phi) is 5.04. The average Bonchev–Trinajstić information content (AvgIpc) is 2.78. The lowest BCUT2D eigenvalue weighted by Gasteiger charge is -2.21. The standard InChI is InChI=1S/C15H22ClNO/c1-3-15(12-4-6-14(16)7-5-12)17-10-13-8-9-18-11(13)2/h4-7,11,13,15,17H,3,8-10H2,1-2H3. The van der Waals surface area contributed by atoms with Crippen LogP contribution in [0, 0.1) is 5.92 Å². The van der Waals surface area contributed by atoms with E-state index >= 15 is 0 Å². The van der Waals surface area contributed by atoms with Gasteiger partial charge in [-0.05, 0) is 43.4 Å². The molecular formula is C15H22ClNO. The number of benzene rings is 1. The normalized spacial score (nSPS) is 25.3. The number of hydrogen-bond donors (Lipinski definition) is 1. The summed E-state index contributed by atoms with van der Waals surface area (Å²) in [6.07, 6.45) is 2.65. The Balaban J connectivity index is 1.91. The lowest BCUT2D eigenvalue weighted by Crippen LogP contribution is -2.30. The molecule has 100 valence electrons. The summed E-state index contributed by atoms with van der Waals surface area (Å²) in [5.41, 5.74) is 1.31. The van der Waals surface area contributed by atoms with Gasteiger partial charge in [0.2, 0.25) is 0 Å². The fourth-order valence-electron chi connectivity index (χ4n) is 2.53. The molecule has 1 saturated heterocycles. The molecule has 18 heavy (non-hydrogen) atoms. The lowest BCUT2D eigenvalue weighted by molar-refractivity contribution is 0.105. The van der Waals surface area contributed by atoms with E-state index in [2.05, 4.69) is 31.3 Å². The molecule has 0 aliphatic carbocycles. The van der Waals surface area contributed by atoms with Crippen molar-refractivity contribution in [3.05, 3.63) is 34.9 Å². The summed E-state index contributed by atoms with van der Waals surface area (Å²) in [4.78, 5) is 0. The number of ether oxygens (including phenoxy) is 1. The monoisotopic (exact) mass is 267 g/mol. The van der Waals surface area contributed by atoms with E-state index in [0.717, 1.165) is 24.6 Å². The van der Waals surface area contributed by atoms with Crippen LogP contribution in [0.25, 0.3) is 0 Å². The number of halogens is 1. The zero-order valence-electron chi connectivity index (χ0n) is 11.2. The van der Waals surface area contributed by atoms with Crippen molar-refractivity contribution in [2.45, 2.75) is 38.8 Å². The Labute approximate surface area is 115 Å². The van der Waals surface area contributed by atoms with Crippen LogP contribution in [-0.4, -0.2) is 19.3 Å². The van der Waals surface area contributed by atoms with Gasteiger partial charge in [-0.2, -0.15) is 0 Å². The first-order chi connectivity index (χ1) is 8.70. The Morgan fingerprint density at radius 2 is 2.11 bits per heavy atom. The molecule has 0 spiro atoms. The Morgan fingerprint density at radius 3 is 2.67 bits per heavy atom. The first kappa shape index (κ1) is 13.9. The molecule has 3 unspecified atom stereocenters. The van der Waals surface area contributed by atoms with Gasteiger partial charge in [-0.1, -0.05) is 30.7 Å². The third kappa shape index (κ3) is 3.47. The van der Waals surface area contributed by atoms with Crippen molar-refractivity contribution in [3.8, 4) is 0 Å². The van der Waals surface area contributed by atoms with Crippen LogP contribution in [0.2, 0.25) is 5.02 Å². The summed E-state index contributed by atoms with van der Waals surface area (Å²) < 4.78 is 5.60. The van der Waals surface area contributed by atoms with Gasteiger partial charge < -0.3 is 10.1 Å². The number of rotatable bonds is 5. The highest BCUT2D eigenvalue weighted by Gasteiger charge is 2.24. The fourth-order valence-corrected chi connectivity index (χ4v) is 2.66. The molecule has 1 aromatic carbocycles. The van der Waals surface area contributed by atoms with Gasteiger partial charge in [-0.3, -0.25) is 0 Å². The predicted molar refractivity (Wildman–Crippen MR) is 76.0 cm³/mol. The van der Waals surface area contributed by atoms with Crippen molar-refractivity contribution in [1.82, 2.24) is 5.32 Å². The van der Waals surface area contributed by atoms with Gasteiger partial charge in [0.15, 0.2) is 0 Å². The summed E-state index contributed by atoms with van der Waals surface area (Å²) in [6, 6.07) is 8.55. The van der Waals surface area contributed by atoms with Crippen LogP contribution >= 0.6 is 11.6 Å². The molecule has 1 aromatic rings. The minimum Gasteiger partial charge on any atom is -0.378 e. The second-order valence-corrected chi connectivity index (χ2v) is 5.48. The van der Waals surface area contributed by atoms with Crippen LogP contribution < -0.4 is 5.32 Å². The predicted octanol–water partition coefficient (Wildman–Crippen LogP) is 3.81. The maximum Gasteiger partial charge on any atom is 0.0588 e. The molecule has 2 nitrogen and oxygen atoms in total. The van der Waals surface area contributed by atoms with Crippen LogP contribution in [0.3, 0.4) is 0 Å². The van der Waals surface area contributed by atoms with E-state index < -0.39 is 0 Å². The van der Waals surface area contributed by atoms with Crippen molar-refractivity contribution >= 4 is 11.6 Å². The van der Waals surface area contributed by atoms with Crippen LogP contribution in [0.5, 0.6) is 0 Å². The molecule has 1 aliphatic heterocycles. The molecule has 3 atom stereocenters. The summed E-state index contributed by atoms with van der Waals surface area (Å²) in [5, 5.41) is 4.45. The fraction of sp³-hybridized carbons (Fsp3) is 0.600. The van der Waals surface area contributed by atoms with E-state index in [-0.39, 0.29) is 0 Å². The molecule has 0 saturated carbocycles. The zero-order chi connectivity index (χ0) is 13.0. The second-order valence-electron chi connectivity index (χ2n) is 5.05. The third-order valence-electron chi connectivity index (χ3n) is 3.84. The van der Waals surface area contributed by atoms with Gasteiger partial charge >= 0.3 is 0 Å².